The Morgan fingerprint density at radius 3 is 1.81 bits per heavy atom. The third-order valence-electron chi connectivity index (χ3n) is 3.89. The highest BCUT2D eigenvalue weighted by molar-refractivity contribution is 9.10. The summed E-state index contributed by atoms with van der Waals surface area (Å²) in [6, 6.07) is 23.3. The molecule has 132 valence electrons. The molecule has 0 radical (unpaired) electrons. The Kier molecular flexibility index (Phi) is 6.08. The van der Waals surface area contributed by atoms with Gasteiger partial charge in [-0.25, -0.2) is 0 Å². The SMILES string of the molecule is CC(=O)c1cc(Br)c(OCc2ccccc2)cc1OCc1ccccc1. The number of hydrogen-bond acceptors (Lipinski definition) is 3. The van der Waals surface area contributed by atoms with Gasteiger partial charge in [0, 0.05) is 6.07 Å². The molecule has 0 atom stereocenters. The van der Waals surface area contributed by atoms with Crippen molar-refractivity contribution in [2.75, 3.05) is 0 Å². The van der Waals surface area contributed by atoms with Crippen molar-refractivity contribution in [2.24, 2.45) is 0 Å². The summed E-state index contributed by atoms with van der Waals surface area (Å²) in [6.07, 6.45) is 0. The fourth-order valence-corrected chi connectivity index (χ4v) is 2.97. The van der Waals surface area contributed by atoms with Crippen LogP contribution in [-0.4, -0.2) is 5.78 Å². The summed E-state index contributed by atoms with van der Waals surface area (Å²) in [5, 5.41) is 0. The quantitative estimate of drug-likeness (QED) is 0.461. The second kappa shape index (κ2) is 8.68. The Bertz CT molecular complexity index is 877. The molecule has 3 aromatic rings. The molecule has 3 rings (SSSR count). The van der Waals surface area contributed by atoms with E-state index >= 15 is 0 Å². The second-order valence-electron chi connectivity index (χ2n) is 5.88. The standard InChI is InChI=1S/C22H19BrO3/c1-16(24)19-12-20(23)22(26-15-18-10-6-3-7-11-18)13-21(19)25-14-17-8-4-2-5-9-17/h2-13H,14-15H2,1H3. The number of rotatable bonds is 7. The van der Waals surface area contributed by atoms with E-state index in [1.54, 1.807) is 12.1 Å². The van der Waals surface area contributed by atoms with Crippen molar-refractivity contribution in [1.29, 1.82) is 0 Å². The van der Waals surface area contributed by atoms with Gasteiger partial charge in [0.15, 0.2) is 5.78 Å². The molecule has 0 spiro atoms. The first kappa shape index (κ1) is 18.2. The molecular weight excluding hydrogens is 392 g/mol. The third-order valence-corrected chi connectivity index (χ3v) is 4.51. The Hall–Kier alpha value is -2.59. The Morgan fingerprint density at radius 2 is 1.31 bits per heavy atom. The average Bonchev–Trinajstić information content (AvgIpc) is 2.67. The molecule has 0 saturated carbocycles. The highest BCUT2D eigenvalue weighted by Crippen LogP contribution is 2.34. The Labute approximate surface area is 161 Å². The minimum Gasteiger partial charge on any atom is -0.488 e. The Morgan fingerprint density at radius 1 is 0.808 bits per heavy atom. The number of ketones is 1. The molecule has 4 heteroatoms. The van der Waals surface area contributed by atoms with E-state index in [4.69, 9.17) is 9.47 Å². The van der Waals surface area contributed by atoms with Crippen molar-refractivity contribution >= 4 is 21.7 Å². The van der Waals surface area contributed by atoms with Crippen molar-refractivity contribution in [2.45, 2.75) is 20.1 Å². The van der Waals surface area contributed by atoms with Crippen LogP contribution in [0.4, 0.5) is 0 Å². The van der Waals surface area contributed by atoms with Crippen LogP contribution < -0.4 is 9.47 Å². The van der Waals surface area contributed by atoms with Gasteiger partial charge >= 0.3 is 0 Å². The van der Waals surface area contributed by atoms with Crippen LogP contribution in [0.5, 0.6) is 11.5 Å². The van der Waals surface area contributed by atoms with Crippen molar-refractivity contribution < 1.29 is 14.3 Å². The highest BCUT2D eigenvalue weighted by Gasteiger charge is 2.14. The van der Waals surface area contributed by atoms with Crippen LogP contribution >= 0.6 is 15.9 Å². The first-order chi connectivity index (χ1) is 12.6. The molecule has 26 heavy (non-hydrogen) atoms. The summed E-state index contributed by atoms with van der Waals surface area (Å²) in [7, 11) is 0. The van der Waals surface area contributed by atoms with Crippen LogP contribution in [0, 0.1) is 0 Å². The number of benzene rings is 3. The molecule has 0 bridgehead atoms. The van der Waals surface area contributed by atoms with Gasteiger partial charge in [-0.2, -0.15) is 0 Å². The van der Waals surface area contributed by atoms with Crippen LogP contribution in [0.25, 0.3) is 0 Å². The van der Waals surface area contributed by atoms with E-state index in [0.29, 0.717) is 30.3 Å². The molecule has 0 aliphatic heterocycles. The van der Waals surface area contributed by atoms with Crippen molar-refractivity contribution in [3.8, 4) is 11.5 Å². The van der Waals surface area contributed by atoms with Crippen molar-refractivity contribution in [3.63, 3.8) is 0 Å². The summed E-state index contributed by atoms with van der Waals surface area (Å²) < 4.78 is 12.6. The maximum absolute atomic E-state index is 12.0. The molecule has 3 aromatic carbocycles. The third kappa shape index (κ3) is 4.73. The van der Waals surface area contributed by atoms with Gasteiger partial charge in [-0.05, 0) is 40.0 Å². The van der Waals surface area contributed by atoms with Gasteiger partial charge in [0.05, 0.1) is 10.0 Å². The number of hydrogen-bond donors (Lipinski definition) is 0. The van der Waals surface area contributed by atoms with Crippen molar-refractivity contribution in [3.05, 3.63) is 94.0 Å². The summed E-state index contributed by atoms with van der Waals surface area (Å²) in [5.74, 6) is 1.11. The molecule has 0 aliphatic rings. The van der Waals surface area contributed by atoms with E-state index in [-0.39, 0.29) is 5.78 Å². The lowest BCUT2D eigenvalue weighted by Gasteiger charge is -2.14. The van der Waals surface area contributed by atoms with Crippen LogP contribution in [0.1, 0.15) is 28.4 Å². The number of ether oxygens (including phenoxy) is 2. The summed E-state index contributed by atoms with van der Waals surface area (Å²) >= 11 is 3.49. The zero-order chi connectivity index (χ0) is 18.4. The predicted molar refractivity (Wildman–Crippen MR) is 106 cm³/mol. The zero-order valence-corrected chi connectivity index (χ0v) is 16.0. The maximum Gasteiger partial charge on any atom is 0.163 e. The van der Waals surface area contributed by atoms with E-state index < -0.39 is 0 Å². The normalized spacial score (nSPS) is 10.4. The van der Waals surface area contributed by atoms with Gasteiger partial charge in [-0.15, -0.1) is 0 Å². The number of halogens is 1. The molecule has 0 aliphatic carbocycles. The van der Waals surface area contributed by atoms with E-state index in [9.17, 15) is 4.79 Å². The Balaban J connectivity index is 1.80. The van der Waals surface area contributed by atoms with Gasteiger partial charge in [0.2, 0.25) is 0 Å². The van der Waals surface area contributed by atoms with Crippen LogP contribution in [-0.2, 0) is 13.2 Å². The number of Topliss-reactive ketones (excluding diaryl/α,β-unsaturated/α-hetero) is 1. The second-order valence-corrected chi connectivity index (χ2v) is 6.74. The van der Waals surface area contributed by atoms with Crippen LogP contribution in [0.2, 0.25) is 0 Å². The first-order valence-corrected chi connectivity index (χ1v) is 9.10. The van der Waals surface area contributed by atoms with Gasteiger partial charge in [0.1, 0.15) is 24.7 Å². The molecule has 0 unspecified atom stereocenters. The fraction of sp³-hybridized carbons (Fsp3) is 0.136. The minimum atomic E-state index is -0.0524. The molecule has 0 heterocycles. The maximum atomic E-state index is 12.0. The number of carbonyl (C=O) groups excluding carboxylic acids is 1. The molecule has 0 amide bonds. The van der Waals surface area contributed by atoms with Crippen LogP contribution in [0.3, 0.4) is 0 Å². The molecule has 0 saturated heterocycles. The topological polar surface area (TPSA) is 35.5 Å². The van der Waals surface area contributed by atoms with Gasteiger partial charge < -0.3 is 9.47 Å². The lowest BCUT2D eigenvalue weighted by molar-refractivity contribution is 0.101. The lowest BCUT2D eigenvalue weighted by atomic mass is 10.1. The largest absolute Gasteiger partial charge is 0.488 e. The predicted octanol–water partition coefficient (Wildman–Crippen LogP) is 5.81. The van der Waals surface area contributed by atoms with E-state index in [1.165, 1.54) is 6.92 Å². The van der Waals surface area contributed by atoms with Gasteiger partial charge in [0.25, 0.3) is 0 Å². The minimum absolute atomic E-state index is 0.0524. The van der Waals surface area contributed by atoms with Crippen LogP contribution in [0.15, 0.2) is 77.3 Å². The van der Waals surface area contributed by atoms with Gasteiger partial charge in [-0.1, -0.05) is 60.7 Å². The number of carbonyl (C=O) groups is 1. The summed E-state index contributed by atoms with van der Waals surface area (Å²) in [5.41, 5.74) is 2.64. The van der Waals surface area contributed by atoms with E-state index in [1.807, 2.05) is 60.7 Å². The molecule has 3 nitrogen and oxygen atoms in total. The lowest BCUT2D eigenvalue weighted by Crippen LogP contribution is -2.04. The van der Waals surface area contributed by atoms with E-state index in [0.717, 1.165) is 15.6 Å². The first-order valence-electron chi connectivity index (χ1n) is 8.31. The average molecular weight is 411 g/mol. The molecule has 0 aromatic heterocycles. The molecule has 0 fully saturated rings. The smallest absolute Gasteiger partial charge is 0.163 e. The van der Waals surface area contributed by atoms with E-state index in [2.05, 4.69) is 15.9 Å². The summed E-state index contributed by atoms with van der Waals surface area (Å²) in [4.78, 5) is 12.0. The highest BCUT2D eigenvalue weighted by atomic mass is 79.9. The summed E-state index contributed by atoms with van der Waals surface area (Å²) in [6.45, 7) is 2.36. The van der Waals surface area contributed by atoms with Crippen molar-refractivity contribution in [1.82, 2.24) is 0 Å². The monoisotopic (exact) mass is 410 g/mol. The molecular formula is C22H19BrO3. The van der Waals surface area contributed by atoms with Gasteiger partial charge in [-0.3, -0.25) is 4.79 Å². The zero-order valence-electron chi connectivity index (χ0n) is 14.4. The molecule has 0 N–H and O–H groups in total. The fourth-order valence-electron chi connectivity index (χ4n) is 2.51.